The molecule has 2 fully saturated rings. The third-order valence-electron chi connectivity index (χ3n) is 3.52. The van der Waals surface area contributed by atoms with Crippen molar-refractivity contribution >= 4 is 5.91 Å². The summed E-state index contributed by atoms with van der Waals surface area (Å²) in [7, 11) is 0. The molecule has 1 saturated heterocycles. The van der Waals surface area contributed by atoms with E-state index in [0.717, 1.165) is 38.8 Å². The molecule has 1 saturated carbocycles. The first-order valence-corrected chi connectivity index (χ1v) is 5.42. The molecule has 0 radical (unpaired) electrons. The maximum atomic E-state index is 11.9. The number of carbonyl (C=O) groups excluding carboxylic acids is 1. The molecule has 2 aliphatic rings. The Morgan fingerprint density at radius 3 is 2.79 bits per heavy atom. The lowest BCUT2D eigenvalue weighted by atomic mass is 10.1. The molecule has 76 valence electrons. The van der Waals surface area contributed by atoms with Gasteiger partial charge in [0, 0.05) is 13.1 Å². The van der Waals surface area contributed by atoms with Crippen LogP contribution in [0.15, 0.2) is 0 Å². The van der Waals surface area contributed by atoms with E-state index in [1.54, 1.807) is 0 Å². The van der Waals surface area contributed by atoms with E-state index in [1.165, 1.54) is 0 Å². The van der Waals surface area contributed by atoms with Gasteiger partial charge in [0.05, 0.1) is 6.07 Å². The Labute approximate surface area is 84.7 Å². The van der Waals surface area contributed by atoms with E-state index in [1.807, 2.05) is 4.90 Å². The summed E-state index contributed by atoms with van der Waals surface area (Å²) >= 11 is 0. The molecule has 0 aromatic heterocycles. The first kappa shape index (κ1) is 9.51. The van der Waals surface area contributed by atoms with Crippen molar-refractivity contribution < 1.29 is 4.79 Å². The van der Waals surface area contributed by atoms with Gasteiger partial charge in [0.2, 0.25) is 5.91 Å². The Balaban J connectivity index is 1.98. The molecule has 1 amide bonds. The smallest absolute Gasteiger partial charge is 0.243 e. The molecule has 1 atom stereocenters. The fraction of sp³-hybridized carbons (Fsp3) is 0.818. The van der Waals surface area contributed by atoms with Gasteiger partial charge in [0.1, 0.15) is 5.41 Å². The molecule has 3 heteroatoms. The van der Waals surface area contributed by atoms with Gasteiger partial charge in [-0.05, 0) is 25.2 Å². The van der Waals surface area contributed by atoms with Crippen molar-refractivity contribution in [2.75, 3.05) is 13.1 Å². The van der Waals surface area contributed by atoms with E-state index in [9.17, 15) is 4.79 Å². The maximum Gasteiger partial charge on any atom is 0.243 e. The first-order chi connectivity index (χ1) is 6.72. The SMILES string of the molecule is CCC1CCN(C(=O)C2(C#N)CC2)C1. The van der Waals surface area contributed by atoms with Gasteiger partial charge < -0.3 is 4.90 Å². The average Bonchev–Trinajstić information content (AvgIpc) is 2.88. The highest BCUT2D eigenvalue weighted by molar-refractivity contribution is 5.88. The minimum Gasteiger partial charge on any atom is -0.341 e. The Bertz CT molecular complexity index is 288. The molecule has 0 aromatic carbocycles. The third-order valence-corrected chi connectivity index (χ3v) is 3.52. The van der Waals surface area contributed by atoms with Gasteiger partial charge in [-0.2, -0.15) is 5.26 Å². The summed E-state index contributed by atoms with van der Waals surface area (Å²) in [6, 6.07) is 2.17. The molecule has 0 aromatic rings. The summed E-state index contributed by atoms with van der Waals surface area (Å²) in [5, 5.41) is 8.91. The van der Waals surface area contributed by atoms with Crippen molar-refractivity contribution in [1.82, 2.24) is 4.90 Å². The number of hydrogen-bond donors (Lipinski definition) is 0. The van der Waals surface area contributed by atoms with Gasteiger partial charge in [0.25, 0.3) is 0 Å². The van der Waals surface area contributed by atoms with Gasteiger partial charge >= 0.3 is 0 Å². The predicted octanol–water partition coefficient (Wildman–Crippen LogP) is 1.55. The number of likely N-dealkylation sites (tertiary alicyclic amines) is 1. The molecule has 0 N–H and O–H groups in total. The number of rotatable bonds is 2. The van der Waals surface area contributed by atoms with E-state index < -0.39 is 5.41 Å². The minimum absolute atomic E-state index is 0.0935. The molecule has 3 nitrogen and oxygen atoms in total. The minimum atomic E-state index is -0.609. The van der Waals surface area contributed by atoms with Gasteiger partial charge in [-0.15, -0.1) is 0 Å². The van der Waals surface area contributed by atoms with Gasteiger partial charge in [-0.1, -0.05) is 13.3 Å². The van der Waals surface area contributed by atoms with Crippen LogP contribution in [0.25, 0.3) is 0 Å². The Hall–Kier alpha value is -1.04. The molecular weight excluding hydrogens is 176 g/mol. The normalized spacial score (nSPS) is 28.6. The lowest BCUT2D eigenvalue weighted by molar-refractivity contribution is -0.134. The summed E-state index contributed by atoms with van der Waals surface area (Å²) in [4.78, 5) is 13.8. The Kier molecular flexibility index (Phi) is 2.22. The van der Waals surface area contributed by atoms with Crippen molar-refractivity contribution in [1.29, 1.82) is 5.26 Å². The molecule has 1 unspecified atom stereocenters. The van der Waals surface area contributed by atoms with Crippen molar-refractivity contribution in [3.8, 4) is 6.07 Å². The van der Waals surface area contributed by atoms with Gasteiger partial charge in [-0.3, -0.25) is 4.79 Å². The van der Waals surface area contributed by atoms with Crippen LogP contribution in [0.1, 0.15) is 32.6 Å². The quantitative estimate of drug-likeness (QED) is 0.666. The van der Waals surface area contributed by atoms with Crippen LogP contribution >= 0.6 is 0 Å². The Morgan fingerprint density at radius 2 is 2.36 bits per heavy atom. The largest absolute Gasteiger partial charge is 0.341 e. The molecule has 0 bridgehead atoms. The van der Waals surface area contributed by atoms with E-state index in [-0.39, 0.29) is 5.91 Å². The predicted molar refractivity (Wildman–Crippen MR) is 52.3 cm³/mol. The van der Waals surface area contributed by atoms with Crippen LogP contribution < -0.4 is 0 Å². The van der Waals surface area contributed by atoms with Crippen LogP contribution in [0.2, 0.25) is 0 Å². The van der Waals surface area contributed by atoms with Crippen LogP contribution in [0, 0.1) is 22.7 Å². The topological polar surface area (TPSA) is 44.1 Å². The highest BCUT2D eigenvalue weighted by Gasteiger charge is 2.53. The summed E-state index contributed by atoms with van der Waals surface area (Å²) in [6.07, 6.45) is 3.80. The number of amides is 1. The van der Waals surface area contributed by atoms with Crippen LogP contribution in [0.5, 0.6) is 0 Å². The monoisotopic (exact) mass is 192 g/mol. The number of carbonyl (C=O) groups is 1. The maximum absolute atomic E-state index is 11.9. The number of nitriles is 1. The third kappa shape index (κ3) is 1.39. The fourth-order valence-corrected chi connectivity index (χ4v) is 2.15. The average molecular weight is 192 g/mol. The number of hydrogen-bond acceptors (Lipinski definition) is 2. The molecule has 14 heavy (non-hydrogen) atoms. The highest BCUT2D eigenvalue weighted by Crippen LogP contribution is 2.47. The Morgan fingerprint density at radius 1 is 1.64 bits per heavy atom. The molecule has 0 spiro atoms. The zero-order chi connectivity index (χ0) is 10.2. The second kappa shape index (κ2) is 3.27. The molecule has 2 rings (SSSR count). The van der Waals surface area contributed by atoms with Crippen LogP contribution in [-0.2, 0) is 4.79 Å². The zero-order valence-electron chi connectivity index (χ0n) is 8.62. The molecule has 1 aliphatic heterocycles. The van der Waals surface area contributed by atoms with Crippen LogP contribution in [0.3, 0.4) is 0 Å². The van der Waals surface area contributed by atoms with Gasteiger partial charge in [0.15, 0.2) is 0 Å². The second-order valence-electron chi connectivity index (χ2n) is 4.51. The lowest BCUT2D eigenvalue weighted by Crippen LogP contribution is -2.34. The van der Waals surface area contributed by atoms with Crippen molar-refractivity contribution in [2.45, 2.75) is 32.6 Å². The highest BCUT2D eigenvalue weighted by atomic mass is 16.2. The molecule has 1 aliphatic carbocycles. The summed E-state index contributed by atoms with van der Waals surface area (Å²) in [6.45, 7) is 3.90. The van der Waals surface area contributed by atoms with Crippen molar-refractivity contribution in [3.05, 3.63) is 0 Å². The zero-order valence-corrected chi connectivity index (χ0v) is 8.62. The van der Waals surface area contributed by atoms with Crippen molar-refractivity contribution in [3.63, 3.8) is 0 Å². The molecule has 1 heterocycles. The van der Waals surface area contributed by atoms with E-state index >= 15 is 0 Å². The van der Waals surface area contributed by atoms with E-state index in [4.69, 9.17) is 5.26 Å². The fourth-order valence-electron chi connectivity index (χ4n) is 2.15. The van der Waals surface area contributed by atoms with Gasteiger partial charge in [-0.25, -0.2) is 0 Å². The van der Waals surface area contributed by atoms with Crippen molar-refractivity contribution in [2.24, 2.45) is 11.3 Å². The lowest BCUT2D eigenvalue weighted by Gasteiger charge is -2.18. The standard InChI is InChI=1S/C11H16N2O/c1-2-9-3-6-13(7-9)10(14)11(8-12)4-5-11/h9H,2-7H2,1H3. The summed E-state index contributed by atoms with van der Waals surface area (Å²) in [5.74, 6) is 0.754. The first-order valence-electron chi connectivity index (χ1n) is 5.42. The number of nitrogens with zero attached hydrogens (tertiary/aromatic N) is 2. The van der Waals surface area contributed by atoms with E-state index in [2.05, 4.69) is 13.0 Å². The summed E-state index contributed by atoms with van der Waals surface area (Å²) < 4.78 is 0. The summed E-state index contributed by atoms with van der Waals surface area (Å²) in [5.41, 5.74) is -0.609. The van der Waals surface area contributed by atoms with Crippen LogP contribution in [0.4, 0.5) is 0 Å². The molecular formula is C11H16N2O. The second-order valence-corrected chi connectivity index (χ2v) is 4.51. The van der Waals surface area contributed by atoms with Crippen LogP contribution in [-0.4, -0.2) is 23.9 Å². The van der Waals surface area contributed by atoms with E-state index in [0.29, 0.717) is 5.92 Å².